The monoisotopic (exact) mass is 305 g/mol. The van der Waals surface area contributed by atoms with Crippen LogP contribution in [0.25, 0.3) is 0 Å². The van der Waals surface area contributed by atoms with E-state index in [1.165, 1.54) is 0 Å². The summed E-state index contributed by atoms with van der Waals surface area (Å²) in [6, 6.07) is 0.668. The van der Waals surface area contributed by atoms with Gasteiger partial charge in [0.2, 0.25) is 0 Å². The number of hydrogen-bond acceptors (Lipinski definition) is 5. The first-order valence-electron chi connectivity index (χ1n) is 6.41. The second-order valence-electron chi connectivity index (χ2n) is 4.81. The van der Waals surface area contributed by atoms with Crippen molar-refractivity contribution in [1.29, 1.82) is 0 Å². The number of anilines is 1. The van der Waals surface area contributed by atoms with Crippen LogP contribution in [0.1, 0.15) is 18.5 Å². The molecule has 1 atom stereocenters. The van der Waals surface area contributed by atoms with E-state index in [0.717, 1.165) is 12.8 Å². The Morgan fingerprint density at radius 2 is 2.29 bits per heavy atom. The van der Waals surface area contributed by atoms with Gasteiger partial charge in [-0.1, -0.05) is 0 Å². The number of halogens is 3. The Balaban J connectivity index is 2.16. The van der Waals surface area contributed by atoms with Gasteiger partial charge in [-0.2, -0.15) is 13.2 Å². The molecule has 0 saturated carbocycles. The molecule has 2 rings (SSSR count). The Labute approximate surface area is 118 Å². The molecule has 0 amide bonds. The van der Waals surface area contributed by atoms with Gasteiger partial charge in [0.05, 0.1) is 11.5 Å². The predicted octanol–water partition coefficient (Wildman–Crippen LogP) is 2.85. The molecule has 0 bridgehead atoms. The Hall–Kier alpha value is -1.90. The quantitative estimate of drug-likeness (QED) is 0.683. The minimum Gasteiger partial charge on any atom is -0.381 e. The van der Waals surface area contributed by atoms with Crippen molar-refractivity contribution >= 4 is 11.4 Å². The summed E-state index contributed by atoms with van der Waals surface area (Å²) in [5, 5.41) is 13.6. The lowest BCUT2D eigenvalue weighted by Crippen LogP contribution is -2.24. The van der Waals surface area contributed by atoms with Gasteiger partial charge in [-0.25, -0.2) is 4.98 Å². The fourth-order valence-corrected chi connectivity index (χ4v) is 2.11. The molecule has 0 spiro atoms. The summed E-state index contributed by atoms with van der Waals surface area (Å²) in [7, 11) is 0. The van der Waals surface area contributed by atoms with E-state index < -0.39 is 22.5 Å². The summed E-state index contributed by atoms with van der Waals surface area (Å²) in [5.41, 5.74) is -1.80. The number of hydrogen-bond donors (Lipinski definition) is 1. The lowest BCUT2D eigenvalue weighted by molar-refractivity contribution is -0.384. The van der Waals surface area contributed by atoms with Crippen LogP contribution in [0.5, 0.6) is 0 Å². The van der Waals surface area contributed by atoms with Gasteiger partial charge in [0.1, 0.15) is 17.6 Å². The van der Waals surface area contributed by atoms with Gasteiger partial charge >= 0.3 is 11.9 Å². The maximum Gasteiger partial charge on any atom is 0.433 e. The average Bonchev–Trinajstić information content (AvgIpc) is 2.45. The number of pyridine rings is 1. The lowest BCUT2D eigenvalue weighted by atomic mass is 10.0. The van der Waals surface area contributed by atoms with Gasteiger partial charge < -0.3 is 10.1 Å². The van der Waals surface area contributed by atoms with Gasteiger partial charge in [-0.3, -0.25) is 10.1 Å². The molecule has 1 fully saturated rings. The molecule has 1 aliphatic rings. The van der Waals surface area contributed by atoms with Crippen LogP contribution in [-0.2, 0) is 10.9 Å². The summed E-state index contributed by atoms with van der Waals surface area (Å²) in [6.45, 7) is 1.49. The summed E-state index contributed by atoms with van der Waals surface area (Å²) in [6.07, 6.45) is -2.27. The molecule has 0 aliphatic carbocycles. The van der Waals surface area contributed by atoms with Crippen LogP contribution in [0.4, 0.5) is 24.5 Å². The first kappa shape index (κ1) is 15.5. The summed E-state index contributed by atoms with van der Waals surface area (Å²) in [4.78, 5) is 13.2. The maximum atomic E-state index is 12.6. The molecular weight excluding hydrogens is 291 g/mol. The van der Waals surface area contributed by atoms with E-state index >= 15 is 0 Å². The first-order valence-corrected chi connectivity index (χ1v) is 6.41. The normalized spacial score (nSPS) is 19.3. The van der Waals surface area contributed by atoms with E-state index in [2.05, 4.69) is 10.3 Å². The third kappa shape index (κ3) is 4.03. The van der Waals surface area contributed by atoms with Crippen molar-refractivity contribution in [3.63, 3.8) is 0 Å². The van der Waals surface area contributed by atoms with Gasteiger partial charge in [-0.05, 0) is 24.8 Å². The van der Waals surface area contributed by atoms with Gasteiger partial charge in [0.25, 0.3) is 0 Å². The highest BCUT2D eigenvalue weighted by Gasteiger charge is 2.34. The van der Waals surface area contributed by atoms with Crippen LogP contribution in [0, 0.1) is 16.0 Å². The van der Waals surface area contributed by atoms with E-state index in [0.29, 0.717) is 32.0 Å². The van der Waals surface area contributed by atoms with Crippen LogP contribution < -0.4 is 5.32 Å². The molecule has 116 valence electrons. The van der Waals surface area contributed by atoms with Crippen LogP contribution in [0.15, 0.2) is 12.3 Å². The second-order valence-corrected chi connectivity index (χ2v) is 4.81. The van der Waals surface area contributed by atoms with Crippen molar-refractivity contribution in [3.8, 4) is 0 Å². The highest BCUT2D eigenvalue weighted by atomic mass is 19.4. The highest BCUT2D eigenvalue weighted by molar-refractivity contribution is 5.61. The number of alkyl halides is 3. The first-order chi connectivity index (χ1) is 9.88. The molecule has 6 nitrogen and oxygen atoms in total. The van der Waals surface area contributed by atoms with Crippen LogP contribution >= 0.6 is 0 Å². The van der Waals surface area contributed by atoms with E-state index in [-0.39, 0.29) is 11.6 Å². The highest BCUT2D eigenvalue weighted by Crippen LogP contribution is 2.33. The number of nitro groups is 1. The molecule has 2 heterocycles. The number of aromatic nitrogens is 1. The molecule has 0 radical (unpaired) electrons. The van der Waals surface area contributed by atoms with Crippen molar-refractivity contribution < 1.29 is 22.8 Å². The minimum absolute atomic E-state index is 0.126. The Bertz CT molecular complexity index is 516. The fourth-order valence-electron chi connectivity index (χ4n) is 2.11. The van der Waals surface area contributed by atoms with Crippen LogP contribution in [0.2, 0.25) is 0 Å². The zero-order valence-electron chi connectivity index (χ0n) is 11.0. The van der Waals surface area contributed by atoms with Gasteiger partial charge in [-0.15, -0.1) is 0 Å². The number of nitrogens with one attached hydrogen (secondary N) is 1. The largest absolute Gasteiger partial charge is 0.433 e. The van der Waals surface area contributed by atoms with Crippen LogP contribution in [-0.4, -0.2) is 29.7 Å². The average molecular weight is 305 g/mol. The number of nitrogens with zero attached hydrogens (tertiary/aromatic N) is 2. The van der Waals surface area contributed by atoms with E-state index in [1.54, 1.807) is 0 Å². The molecule has 1 saturated heterocycles. The van der Waals surface area contributed by atoms with Crippen molar-refractivity contribution in [2.24, 2.45) is 5.92 Å². The predicted molar refractivity (Wildman–Crippen MR) is 67.9 cm³/mol. The standard InChI is InChI=1S/C12H14F3N3O3/c13-12(14,15)11-4-9(10(6-17-11)18(19)20)16-5-8-2-1-3-21-7-8/h4,6,8H,1-3,5,7H2,(H,16,17). The molecule has 1 aromatic rings. The number of rotatable bonds is 4. The van der Waals surface area contributed by atoms with E-state index in [9.17, 15) is 23.3 Å². The number of ether oxygens (including phenoxy) is 1. The lowest BCUT2D eigenvalue weighted by Gasteiger charge is -2.22. The Morgan fingerprint density at radius 1 is 1.52 bits per heavy atom. The van der Waals surface area contributed by atoms with Crippen molar-refractivity contribution in [3.05, 3.63) is 28.1 Å². The van der Waals surface area contributed by atoms with Gasteiger partial charge in [0, 0.05) is 13.2 Å². The zero-order valence-corrected chi connectivity index (χ0v) is 11.0. The molecule has 0 aromatic carbocycles. The molecule has 1 N–H and O–H groups in total. The van der Waals surface area contributed by atoms with Crippen molar-refractivity contribution in [2.75, 3.05) is 25.1 Å². The second kappa shape index (κ2) is 6.25. The Kier molecular flexibility index (Phi) is 4.61. The topological polar surface area (TPSA) is 77.3 Å². The third-order valence-electron chi connectivity index (χ3n) is 3.21. The van der Waals surface area contributed by atoms with Crippen LogP contribution in [0.3, 0.4) is 0 Å². The van der Waals surface area contributed by atoms with E-state index in [4.69, 9.17) is 4.74 Å². The molecule has 1 unspecified atom stereocenters. The summed E-state index contributed by atoms with van der Waals surface area (Å²) in [5.74, 6) is 0.126. The summed E-state index contributed by atoms with van der Waals surface area (Å²) >= 11 is 0. The summed E-state index contributed by atoms with van der Waals surface area (Å²) < 4.78 is 43.1. The maximum absolute atomic E-state index is 12.6. The third-order valence-corrected chi connectivity index (χ3v) is 3.21. The smallest absolute Gasteiger partial charge is 0.381 e. The van der Waals surface area contributed by atoms with Crippen molar-refractivity contribution in [1.82, 2.24) is 4.98 Å². The molecule has 1 aromatic heterocycles. The molecule has 21 heavy (non-hydrogen) atoms. The van der Waals surface area contributed by atoms with E-state index in [1.807, 2.05) is 0 Å². The molecular formula is C12H14F3N3O3. The minimum atomic E-state index is -4.64. The fraction of sp³-hybridized carbons (Fsp3) is 0.583. The van der Waals surface area contributed by atoms with Gasteiger partial charge in [0.15, 0.2) is 0 Å². The Morgan fingerprint density at radius 3 is 2.86 bits per heavy atom. The molecule has 1 aliphatic heterocycles. The SMILES string of the molecule is O=[N+]([O-])c1cnc(C(F)(F)F)cc1NCC1CCCOC1. The zero-order chi connectivity index (χ0) is 15.5. The molecule has 9 heteroatoms. The van der Waals surface area contributed by atoms with Crippen molar-refractivity contribution in [2.45, 2.75) is 19.0 Å².